The predicted molar refractivity (Wildman–Crippen MR) is 111 cm³/mol. The Morgan fingerprint density at radius 2 is 1.87 bits per heavy atom. The third kappa shape index (κ3) is 3.50. The molecule has 9 nitrogen and oxygen atoms in total. The van der Waals surface area contributed by atoms with E-state index in [1.165, 1.54) is 39.6 Å². The Hall–Kier alpha value is -4.08. The lowest BCUT2D eigenvalue weighted by atomic mass is 10.2. The van der Waals surface area contributed by atoms with Crippen molar-refractivity contribution in [3.8, 4) is 0 Å². The lowest BCUT2D eigenvalue weighted by molar-refractivity contribution is 0.623. The average Bonchev–Trinajstić information content (AvgIpc) is 3.08. The molecule has 0 amide bonds. The Bertz CT molecular complexity index is 1350. The van der Waals surface area contributed by atoms with Crippen LogP contribution in [0.1, 0.15) is 11.3 Å². The van der Waals surface area contributed by atoms with Crippen LogP contribution in [0, 0.1) is 5.82 Å². The predicted octanol–water partition coefficient (Wildman–Crippen LogP) is 1.46. The minimum atomic E-state index is -0.515. The number of fused-ring (bicyclic) bond motifs is 1. The number of halogens is 1. The van der Waals surface area contributed by atoms with Crippen LogP contribution in [-0.4, -0.2) is 29.9 Å². The molecule has 1 N–H and O–H groups in total. The molecule has 4 aromatic rings. The summed E-state index contributed by atoms with van der Waals surface area (Å²) in [5.74, 6) is -0.0909. The number of hydrogen-bond acceptors (Lipinski definition) is 6. The second kappa shape index (κ2) is 7.74. The molecule has 0 unspecified atom stereocenters. The number of anilines is 1. The van der Waals surface area contributed by atoms with E-state index in [9.17, 15) is 14.0 Å². The molecule has 0 fully saturated rings. The summed E-state index contributed by atoms with van der Waals surface area (Å²) in [6.45, 7) is 0.0213. The lowest BCUT2D eigenvalue weighted by Crippen LogP contribution is -2.39. The average molecular weight is 407 g/mol. The smallest absolute Gasteiger partial charge is 0.306 e. The fourth-order valence-corrected chi connectivity index (χ4v) is 3.06. The zero-order valence-electron chi connectivity index (χ0n) is 16.3. The van der Waals surface area contributed by atoms with Gasteiger partial charge in [-0.15, -0.1) is 0 Å². The molecule has 0 aliphatic carbocycles. The Morgan fingerprint density at radius 3 is 2.57 bits per heavy atom. The molecule has 3 heterocycles. The third-order valence-corrected chi connectivity index (χ3v) is 4.66. The van der Waals surface area contributed by atoms with Gasteiger partial charge in [-0.05, 0) is 29.8 Å². The number of aromatic nitrogens is 5. The van der Waals surface area contributed by atoms with Gasteiger partial charge in [0.25, 0.3) is 5.56 Å². The molecular formula is C20H18FN7O2. The highest BCUT2D eigenvalue weighted by atomic mass is 19.1. The Labute approximate surface area is 169 Å². The van der Waals surface area contributed by atoms with Crippen LogP contribution in [-0.2, 0) is 20.6 Å². The van der Waals surface area contributed by atoms with E-state index in [1.807, 2.05) is 6.07 Å². The summed E-state index contributed by atoms with van der Waals surface area (Å²) in [5.41, 5.74) is 3.53. The van der Waals surface area contributed by atoms with Crippen LogP contribution < -0.4 is 16.7 Å². The van der Waals surface area contributed by atoms with Gasteiger partial charge in [0.1, 0.15) is 5.82 Å². The minimum absolute atomic E-state index is 0.0213. The largest absolute Gasteiger partial charge is 0.332 e. The minimum Gasteiger partial charge on any atom is -0.306 e. The fourth-order valence-electron chi connectivity index (χ4n) is 3.06. The summed E-state index contributed by atoms with van der Waals surface area (Å²) in [4.78, 5) is 34.3. The molecule has 3 aromatic heterocycles. The highest BCUT2D eigenvalue weighted by molar-refractivity contribution is 5.78. The molecule has 0 atom stereocenters. The summed E-state index contributed by atoms with van der Waals surface area (Å²) < 4.78 is 17.1. The highest BCUT2D eigenvalue weighted by Gasteiger charge is 2.18. The maximum atomic E-state index is 13.2. The number of nitrogens with zero attached hydrogens (tertiary/aromatic N) is 6. The normalized spacial score (nSPS) is 11.4. The van der Waals surface area contributed by atoms with Crippen molar-refractivity contribution >= 4 is 23.3 Å². The van der Waals surface area contributed by atoms with E-state index in [4.69, 9.17) is 0 Å². The van der Waals surface area contributed by atoms with E-state index >= 15 is 0 Å². The second-order valence-corrected chi connectivity index (χ2v) is 6.65. The summed E-state index contributed by atoms with van der Waals surface area (Å²) in [5, 5.41) is 4.10. The Kier molecular flexibility index (Phi) is 4.97. The second-order valence-electron chi connectivity index (χ2n) is 6.65. The Balaban J connectivity index is 1.73. The van der Waals surface area contributed by atoms with Crippen LogP contribution in [0.15, 0.2) is 63.4 Å². The first kappa shape index (κ1) is 19.2. The van der Waals surface area contributed by atoms with Crippen LogP contribution in [0.25, 0.3) is 11.2 Å². The highest BCUT2D eigenvalue weighted by Crippen LogP contribution is 2.13. The lowest BCUT2D eigenvalue weighted by Gasteiger charge is -2.08. The zero-order chi connectivity index (χ0) is 21.3. The van der Waals surface area contributed by atoms with Gasteiger partial charge in [-0.2, -0.15) is 10.1 Å². The molecule has 0 radical (unpaired) electrons. The molecule has 0 spiro atoms. The van der Waals surface area contributed by atoms with E-state index in [0.717, 1.165) is 4.57 Å². The van der Waals surface area contributed by atoms with Crippen LogP contribution >= 0.6 is 0 Å². The maximum absolute atomic E-state index is 13.2. The van der Waals surface area contributed by atoms with Crippen molar-refractivity contribution in [2.45, 2.75) is 6.54 Å². The number of hydrazone groups is 1. The van der Waals surface area contributed by atoms with Crippen LogP contribution in [0.2, 0.25) is 0 Å². The zero-order valence-corrected chi connectivity index (χ0v) is 16.3. The van der Waals surface area contributed by atoms with Gasteiger partial charge in [0.15, 0.2) is 11.2 Å². The number of rotatable bonds is 5. The first-order valence-electron chi connectivity index (χ1n) is 9.06. The fraction of sp³-hybridized carbons (Fsp3) is 0.150. The van der Waals surface area contributed by atoms with E-state index in [0.29, 0.717) is 17.2 Å². The number of imidazole rings is 1. The van der Waals surface area contributed by atoms with Gasteiger partial charge in [0, 0.05) is 20.3 Å². The molecule has 0 bridgehead atoms. The van der Waals surface area contributed by atoms with Gasteiger partial charge in [-0.1, -0.05) is 18.2 Å². The number of nitrogens with one attached hydrogen (secondary N) is 1. The topological polar surface area (TPSA) is 99.1 Å². The summed E-state index contributed by atoms with van der Waals surface area (Å²) in [6.07, 6.45) is 3.17. The van der Waals surface area contributed by atoms with Gasteiger partial charge < -0.3 is 4.57 Å². The van der Waals surface area contributed by atoms with Crippen molar-refractivity contribution in [3.05, 3.63) is 86.6 Å². The molecule has 30 heavy (non-hydrogen) atoms. The summed E-state index contributed by atoms with van der Waals surface area (Å²) in [6, 6.07) is 11.1. The van der Waals surface area contributed by atoms with Crippen molar-refractivity contribution in [2.75, 3.05) is 5.43 Å². The van der Waals surface area contributed by atoms with Gasteiger partial charge >= 0.3 is 5.69 Å². The number of benzene rings is 1. The van der Waals surface area contributed by atoms with Gasteiger partial charge in [0.2, 0.25) is 5.95 Å². The Morgan fingerprint density at radius 1 is 1.10 bits per heavy atom. The quantitative estimate of drug-likeness (QED) is 0.399. The van der Waals surface area contributed by atoms with E-state index in [1.54, 1.807) is 32.4 Å². The molecular weight excluding hydrogens is 389 g/mol. The van der Waals surface area contributed by atoms with Crippen molar-refractivity contribution in [3.63, 3.8) is 0 Å². The molecule has 0 saturated heterocycles. The van der Waals surface area contributed by atoms with Crippen LogP contribution in [0.3, 0.4) is 0 Å². The number of aryl methyl sites for hydroxylation is 2. The van der Waals surface area contributed by atoms with Crippen molar-refractivity contribution < 1.29 is 4.39 Å². The standard InChI is InChI=1S/C20H18FN7O2/c1-26-16-17(24-19(26)25-23-11-15-5-3-4-10-22-15)27(2)20(30)28(18(16)29)12-13-6-8-14(21)9-7-13/h3-11H,12H2,1-2H3,(H,24,25)/b23-11-. The van der Waals surface area contributed by atoms with E-state index in [-0.39, 0.29) is 23.5 Å². The van der Waals surface area contributed by atoms with Gasteiger partial charge in [0.05, 0.1) is 18.5 Å². The molecule has 0 aliphatic rings. The SMILES string of the molecule is Cn1c(N/N=C\c2ccccn2)nc2c1c(=O)n(Cc1ccc(F)cc1)c(=O)n2C. The van der Waals surface area contributed by atoms with E-state index < -0.39 is 11.2 Å². The summed E-state index contributed by atoms with van der Waals surface area (Å²) in [7, 11) is 3.20. The van der Waals surface area contributed by atoms with Crippen LogP contribution in [0.4, 0.5) is 10.3 Å². The first-order chi connectivity index (χ1) is 14.5. The first-order valence-corrected chi connectivity index (χ1v) is 9.06. The van der Waals surface area contributed by atoms with Crippen LogP contribution in [0.5, 0.6) is 0 Å². The number of pyridine rings is 1. The molecule has 10 heteroatoms. The van der Waals surface area contributed by atoms with E-state index in [2.05, 4.69) is 20.5 Å². The van der Waals surface area contributed by atoms with Crippen molar-refractivity contribution in [1.29, 1.82) is 0 Å². The number of hydrogen-bond donors (Lipinski definition) is 1. The molecule has 1 aromatic carbocycles. The molecule has 0 saturated carbocycles. The monoisotopic (exact) mass is 407 g/mol. The maximum Gasteiger partial charge on any atom is 0.332 e. The van der Waals surface area contributed by atoms with Crippen molar-refractivity contribution in [2.24, 2.45) is 19.2 Å². The summed E-state index contributed by atoms with van der Waals surface area (Å²) >= 11 is 0. The molecule has 4 rings (SSSR count). The molecule has 152 valence electrons. The molecule has 0 aliphatic heterocycles. The van der Waals surface area contributed by atoms with Gasteiger partial charge in [-0.25, -0.2) is 14.6 Å². The van der Waals surface area contributed by atoms with Gasteiger partial charge in [-0.3, -0.25) is 18.9 Å². The van der Waals surface area contributed by atoms with Crippen molar-refractivity contribution in [1.82, 2.24) is 23.7 Å². The third-order valence-electron chi connectivity index (χ3n) is 4.66.